The maximum Gasteiger partial charge on any atom is 0.325 e. The number of hydrogen-bond donors (Lipinski definition) is 4. The molecule has 0 bridgehead atoms. The molecule has 3 amide bonds. The molecule has 4 aromatic rings. The Labute approximate surface area is 321 Å². The summed E-state index contributed by atoms with van der Waals surface area (Å²) in [5.74, 6) is -0.389. The molecule has 12 heteroatoms. The fourth-order valence-corrected chi connectivity index (χ4v) is 7.84. The molecule has 3 fully saturated rings. The van der Waals surface area contributed by atoms with Crippen LogP contribution < -0.4 is 20.9 Å². The van der Waals surface area contributed by atoms with E-state index in [1.807, 2.05) is 91.0 Å². The molecule has 55 heavy (non-hydrogen) atoms. The number of likely N-dealkylation sites (tertiary alicyclic amines) is 1. The highest BCUT2D eigenvalue weighted by Gasteiger charge is 2.50. The van der Waals surface area contributed by atoms with Gasteiger partial charge in [-0.3, -0.25) is 9.59 Å². The van der Waals surface area contributed by atoms with Crippen molar-refractivity contribution < 1.29 is 33.7 Å². The van der Waals surface area contributed by atoms with Gasteiger partial charge in [-0.05, 0) is 59.7 Å². The Morgan fingerprint density at radius 2 is 1.60 bits per heavy atom. The summed E-state index contributed by atoms with van der Waals surface area (Å²) in [6.45, 7) is 4.78. The van der Waals surface area contributed by atoms with Gasteiger partial charge >= 0.3 is 12.0 Å². The molecule has 0 radical (unpaired) electrons. The number of aliphatic hydroxyl groups is 1. The maximum atomic E-state index is 13.3. The number of hydrogen-bond acceptors (Lipinski definition) is 9. The molecule has 0 aromatic heterocycles. The maximum absolute atomic E-state index is 13.3. The first kappa shape index (κ1) is 38.0. The van der Waals surface area contributed by atoms with Gasteiger partial charge in [0.05, 0.1) is 32.1 Å². The quantitative estimate of drug-likeness (QED) is 0.144. The van der Waals surface area contributed by atoms with E-state index in [9.17, 15) is 19.5 Å². The highest BCUT2D eigenvalue weighted by Crippen LogP contribution is 2.40. The summed E-state index contributed by atoms with van der Waals surface area (Å²) >= 11 is 0. The molecular formula is C43H49N5O7. The Morgan fingerprint density at radius 1 is 0.891 bits per heavy atom. The highest BCUT2D eigenvalue weighted by molar-refractivity contribution is 5.93. The van der Waals surface area contributed by atoms with Crippen molar-refractivity contribution in [2.45, 2.75) is 63.4 Å². The van der Waals surface area contributed by atoms with Crippen molar-refractivity contribution in [3.05, 3.63) is 125 Å². The minimum absolute atomic E-state index is 0.0233. The van der Waals surface area contributed by atoms with Gasteiger partial charge in [-0.1, -0.05) is 91.0 Å². The third-order valence-corrected chi connectivity index (χ3v) is 10.8. The number of rotatable bonds is 12. The number of amides is 3. The normalized spacial score (nSPS) is 20.9. The standard InChI is InChI=1S/C43H49N5O7/c1-2-53-39(50)26-45-42(52)44-25-34-8-6-7-11-37(34)31-16-18-33(19-17-31)40-54-36(24-38(55-40)32-14-12-30(28-49)13-15-32)27-47-22-20-43(21-23-47)41(51)46-29-48(43)35-9-4-3-5-10-35/h3-19,36,38,40,49H,2,20-29H2,1H3,(H,46,51)(H2,44,45,52)/t36-,38+,40+/m1/s1. The smallest absolute Gasteiger partial charge is 0.325 e. The van der Waals surface area contributed by atoms with Crippen molar-refractivity contribution >= 4 is 23.6 Å². The number of ether oxygens (including phenoxy) is 3. The SMILES string of the molecule is CCOC(=O)CNC(=O)NCc1ccccc1-c1ccc([C@H]2O[C@@H](CN3CCC4(CC3)C(=O)NCN4c3ccccc3)C[C@@H](c3ccc(CO)cc3)O2)cc1. The van der Waals surface area contributed by atoms with Crippen molar-refractivity contribution in [2.24, 2.45) is 0 Å². The number of carbonyl (C=O) groups excluding carboxylic acids is 3. The monoisotopic (exact) mass is 747 g/mol. The summed E-state index contributed by atoms with van der Waals surface area (Å²) in [6.07, 6.45) is 1.16. The first-order chi connectivity index (χ1) is 26.8. The summed E-state index contributed by atoms with van der Waals surface area (Å²) in [5.41, 5.74) is 6.12. The second-order valence-corrected chi connectivity index (χ2v) is 14.2. The molecule has 3 heterocycles. The van der Waals surface area contributed by atoms with E-state index in [0.717, 1.165) is 65.0 Å². The number of para-hydroxylation sites is 1. The summed E-state index contributed by atoms with van der Waals surface area (Å²) in [4.78, 5) is 41.9. The van der Waals surface area contributed by atoms with Gasteiger partial charge in [-0.25, -0.2) is 4.79 Å². The number of nitrogens with one attached hydrogen (secondary N) is 3. The number of esters is 1. The number of aliphatic hydroxyl groups excluding tert-OH is 1. The number of carbonyl (C=O) groups is 3. The van der Waals surface area contributed by atoms with E-state index >= 15 is 0 Å². The topological polar surface area (TPSA) is 142 Å². The molecule has 3 saturated heterocycles. The van der Waals surface area contributed by atoms with E-state index in [2.05, 4.69) is 37.9 Å². The van der Waals surface area contributed by atoms with E-state index in [0.29, 0.717) is 19.6 Å². The average Bonchev–Trinajstić information content (AvgIpc) is 3.54. The molecule has 3 atom stereocenters. The van der Waals surface area contributed by atoms with Crippen LogP contribution in [-0.2, 0) is 37.0 Å². The number of piperidine rings is 1. The Kier molecular flexibility index (Phi) is 12.1. The van der Waals surface area contributed by atoms with Crippen LogP contribution in [0.5, 0.6) is 0 Å². The van der Waals surface area contributed by atoms with E-state index < -0.39 is 23.8 Å². The van der Waals surface area contributed by atoms with Crippen molar-refractivity contribution in [2.75, 3.05) is 44.4 Å². The van der Waals surface area contributed by atoms with Crippen LogP contribution in [0.25, 0.3) is 11.1 Å². The van der Waals surface area contributed by atoms with Gasteiger partial charge < -0.3 is 45.1 Å². The fraction of sp³-hybridized carbons (Fsp3) is 0.372. The van der Waals surface area contributed by atoms with Crippen LogP contribution >= 0.6 is 0 Å². The first-order valence-corrected chi connectivity index (χ1v) is 19.0. The van der Waals surface area contributed by atoms with Gasteiger partial charge in [0.15, 0.2) is 6.29 Å². The predicted molar refractivity (Wildman–Crippen MR) is 208 cm³/mol. The van der Waals surface area contributed by atoms with Crippen molar-refractivity contribution in [1.82, 2.24) is 20.9 Å². The summed E-state index contributed by atoms with van der Waals surface area (Å²) in [5, 5.41) is 18.1. The highest BCUT2D eigenvalue weighted by atomic mass is 16.7. The second-order valence-electron chi connectivity index (χ2n) is 14.2. The molecule has 12 nitrogen and oxygen atoms in total. The number of nitrogens with zero attached hydrogens (tertiary/aromatic N) is 2. The Balaban J connectivity index is 1.03. The Hall–Kier alpha value is -5.27. The minimum Gasteiger partial charge on any atom is -0.465 e. The molecule has 4 N–H and O–H groups in total. The lowest BCUT2D eigenvalue weighted by atomic mass is 9.85. The van der Waals surface area contributed by atoms with Crippen LogP contribution in [0.2, 0.25) is 0 Å². The Morgan fingerprint density at radius 3 is 2.33 bits per heavy atom. The van der Waals surface area contributed by atoms with E-state index in [1.54, 1.807) is 6.92 Å². The minimum atomic E-state index is -0.611. The molecule has 0 unspecified atom stereocenters. The zero-order valence-electron chi connectivity index (χ0n) is 31.1. The van der Waals surface area contributed by atoms with Gasteiger partial charge in [0, 0.05) is 43.9 Å². The van der Waals surface area contributed by atoms with Crippen LogP contribution in [0, 0.1) is 0 Å². The number of benzene rings is 4. The van der Waals surface area contributed by atoms with Crippen molar-refractivity contribution in [1.29, 1.82) is 0 Å². The predicted octanol–water partition coefficient (Wildman–Crippen LogP) is 5.18. The molecule has 288 valence electrons. The molecule has 1 spiro atoms. The lowest BCUT2D eigenvalue weighted by Crippen LogP contribution is -2.57. The van der Waals surface area contributed by atoms with Gasteiger partial charge in [-0.2, -0.15) is 0 Å². The molecular weight excluding hydrogens is 699 g/mol. The lowest BCUT2D eigenvalue weighted by Gasteiger charge is -2.45. The molecule has 0 aliphatic carbocycles. The third-order valence-electron chi connectivity index (χ3n) is 10.8. The summed E-state index contributed by atoms with van der Waals surface area (Å²) in [6, 6.07) is 33.5. The Bertz CT molecular complexity index is 1920. The molecule has 3 aliphatic rings. The third kappa shape index (κ3) is 8.84. The van der Waals surface area contributed by atoms with Gasteiger partial charge in [-0.15, -0.1) is 0 Å². The molecule has 0 saturated carbocycles. The van der Waals surface area contributed by atoms with Gasteiger partial charge in [0.25, 0.3) is 0 Å². The zero-order valence-corrected chi connectivity index (χ0v) is 31.1. The zero-order chi connectivity index (χ0) is 38.2. The lowest BCUT2D eigenvalue weighted by molar-refractivity contribution is -0.253. The van der Waals surface area contributed by atoms with Crippen LogP contribution in [0.4, 0.5) is 10.5 Å². The number of anilines is 1. The fourth-order valence-electron chi connectivity index (χ4n) is 7.84. The van der Waals surface area contributed by atoms with Crippen molar-refractivity contribution in [3.8, 4) is 11.1 Å². The van der Waals surface area contributed by atoms with Crippen molar-refractivity contribution in [3.63, 3.8) is 0 Å². The van der Waals surface area contributed by atoms with Crippen LogP contribution in [0.15, 0.2) is 103 Å². The number of urea groups is 1. The van der Waals surface area contributed by atoms with Gasteiger partial charge in [0.2, 0.25) is 5.91 Å². The van der Waals surface area contributed by atoms with Crippen LogP contribution in [0.3, 0.4) is 0 Å². The van der Waals surface area contributed by atoms with Crippen LogP contribution in [-0.4, -0.2) is 79.0 Å². The average molecular weight is 748 g/mol. The summed E-state index contributed by atoms with van der Waals surface area (Å²) in [7, 11) is 0. The second kappa shape index (κ2) is 17.5. The van der Waals surface area contributed by atoms with E-state index in [-0.39, 0.29) is 44.4 Å². The van der Waals surface area contributed by atoms with E-state index in [1.165, 1.54) is 0 Å². The van der Waals surface area contributed by atoms with Gasteiger partial charge in [0.1, 0.15) is 12.1 Å². The molecule has 7 rings (SSSR count). The first-order valence-electron chi connectivity index (χ1n) is 19.0. The summed E-state index contributed by atoms with van der Waals surface area (Å²) < 4.78 is 18.2. The molecule has 4 aromatic carbocycles. The van der Waals surface area contributed by atoms with Crippen LogP contribution in [0.1, 0.15) is 60.8 Å². The molecule has 3 aliphatic heterocycles. The largest absolute Gasteiger partial charge is 0.465 e. The van der Waals surface area contributed by atoms with E-state index in [4.69, 9.17) is 14.2 Å².